The molecule has 0 aliphatic rings. The Bertz CT molecular complexity index is 630. The van der Waals surface area contributed by atoms with Gasteiger partial charge in [0.15, 0.2) is 6.54 Å². The molecule has 2 aromatic rings. The monoisotopic (exact) mass is 253 g/mol. The van der Waals surface area contributed by atoms with Gasteiger partial charge in [-0.3, -0.25) is 0 Å². The molecule has 6 heteroatoms. The first-order valence-corrected chi connectivity index (χ1v) is 6.47. The summed E-state index contributed by atoms with van der Waals surface area (Å²) in [6.45, 7) is 2.60. The molecular formula is C11H11NO4S. The van der Waals surface area contributed by atoms with Crippen LogP contribution in [-0.2, 0) is 16.7 Å². The molecule has 0 aliphatic heterocycles. The highest BCUT2D eigenvalue weighted by Crippen LogP contribution is 2.21. The van der Waals surface area contributed by atoms with Crippen molar-refractivity contribution in [3.8, 4) is 11.3 Å². The highest BCUT2D eigenvalue weighted by molar-refractivity contribution is 7.85. The molecule has 0 spiro atoms. The number of hydrogen-bond donors (Lipinski definition) is 0. The van der Waals surface area contributed by atoms with E-state index in [1.54, 1.807) is 23.1 Å². The number of nitrogens with zero attached hydrogens (tertiary/aromatic N) is 1. The third-order valence-electron chi connectivity index (χ3n) is 2.33. The van der Waals surface area contributed by atoms with Gasteiger partial charge in [-0.15, -0.1) is 0 Å². The first-order valence-electron chi connectivity index (χ1n) is 5.07. The maximum Gasteiger partial charge on any atom is 0.220 e. The van der Waals surface area contributed by atoms with Crippen LogP contribution in [0.5, 0.6) is 0 Å². The molecule has 0 amide bonds. The Morgan fingerprint density at radius 1 is 1.35 bits per heavy atom. The quantitative estimate of drug-likeness (QED) is 0.607. The number of rotatable bonds is 3. The largest absolute Gasteiger partial charge is 0.744 e. The van der Waals surface area contributed by atoms with Crippen LogP contribution in [0.2, 0.25) is 0 Å². The molecule has 0 saturated heterocycles. The highest BCUT2D eigenvalue weighted by atomic mass is 32.2. The third-order valence-corrected chi connectivity index (χ3v) is 3.16. The minimum Gasteiger partial charge on any atom is -0.744 e. The number of benzene rings is 1. The predicted molar refractivity (Wildman–Crippen MR) is 58.0 cm³/mol. The van der Waals surface area contributed by atoms with Crippen molar-refractivity contribution in [2.75, 3.05) is 0 Å². The Hall–Kier alpha value is -1.66. The van der Waals surface area contributed by atoms with Crippen molar-refractivity contribution in [2.24, 2.45) is 0 Å². The molecule has 2 rings (SSSR count). The van der Waals surface area contributed by atoms with E-state index in [1.165, 1.54) is 18.2 Å². The standard InChI is InChI=1S/C11H11NO4S/c1-2-12-7-6-11(16-12)9-4-3-5-10(8-9)17(13,14)15/h3-8H,2H2,1H3. The Balaban J connectivity index is 2.46. The molecule has 5 nitrogen and oxygen atoms in total. The fraction of sp³-hybridized carbons (Fsp3) is 0.182. The molecule has 0 unspecified atom stereocenters. The second-order valence-corrected chi connectivity index (χ2v) is 4.87. The average molecular weight is 253 g/mol. The van der Waals surface area contributed by atoms with E-state index < -0.39 is 10.1 Å². The van der Waals surface area contributed by atoms with Crippen LogP contribution < -0.4 is 4.74 Å². The van der Waals surface area contributed by atoms with Crippen molar-refractivity contribution in [2.45, 2.75) is 18.4 Å². The molecule has 17 heavy (non-hydrogen) atoms. The maximum atomic E-state index is 10.9. The van der Waals surface area contributed by atoms with E-state index in [2.05, 4.69) is 0 Å². The summed E-state index contributed by atoms with van der Waals surface area (Å²) in [7, 11) is -4.43. The van der Waals surface area contributed by atoms with Crippen molar-refractivity contribution in [1.82, 2.24) is 0 Å². The summed E-state index contributed by atoms with van der Waals surface area (Å²) in [5.74, 6) is 0.525. The van der Waals surface area contributed by atoms with Gasteiger partial charge in [-0.1, -0.05) is 12.1 Å². The predicted octanol–water partition coefficient (Wildman–Crippen LogP) is 1.16. The molecule has 1 aromatic carbocycles. The van der Waals surface area contributed by atoms with E-state index in [4.69, 9.17) is 4.52 Å². The van der Waals surface area contributed by atoms with E-state index in [1.807, 2.05) is 6.92 Å². The summed E-state index contributed by atoms with van der Waals surface area (Å²) in [5.41, 5.74) is 0.564. The summed E-state index contributed by atoms with van der Waals surface area (Å²) in [5, 5.41) is 0. The van der Waals surface area contributed by atoms with Gasteiger partial charge in [0.05, 0.1) is 11.0 Å². The first-order chi connectivity index (χ1) is 8.00. The molecule has 0 fully saturated rings. The SMILES string of the molecule is CC[n+]1ccc(-c2cccc(S(=O)(=O)[O-])c2)o1. The normalized spacial score (nSPS) is 11.6. The fourth-order valence-electron chi connectivity index (χ4n) is 1.46. The molecule has 90 valence electrons. The van der Waals surface area contributed by atoms with Gasteiger partial charge >= 0.3 is 0 Å². The lowest BCUT2D eigenvalue weighted by Crippen LogP contribution is -2.27. The zero-order valence-corrected chi connectivity index (χ0v) is 9.98. The van der Waals surface area contributed by atoms with Crippen molar-refractivity contribution in [3.05, 3.63) is 36.5 Å². The van der Waals surface area contributed by atoms with Crippen LogP contribution >= 0.6 is 0 Å². The number of aromatic nitrogens is 1. The van der Waals surface area contributed by atoms with Gasteiger partial charge in [0.25, 0.3) is 0 Å². The summed E-state index contributed by atoms with van der Waals surface area (Å²) < 4.78 is 39.7. The summed E-state index contributed by atoms with van der Waals surface area (Å²) >= 11 is 0. The van der Waals surface area contributed by atoms with E-state index in [9.17, 15) is 13.0 Å². The zero-order chi connectivity index (χ0) is 12.5. The van der Waals surface area contributed by atoms with E-state index in [0.717, 1.165) is 0 Å². The van der Waals surface area contributed by atoms with Crippen LogP contribution in [0.1, 0.15) is 6.92 Å². The van der Waals surface area contributed by atoms with Crippen LogP contribution in [0.4, 0.5) is 0 Å². The first kappa shape index (κ1) is 11.8. The highest BCUT2D eigenvalue weighted by Gasteiger charge is 2.11. The van der Waals surface area contributed by atoms with Gasteiger partial charge < -0.3 is 4.55 Å². The Kier molecular flexibility index (Phi) is 2.99. The van der Waals surface area contributed by atoms with Crippen LogP contribution in [0.15, 0.2) is 45.9 Å². The Labute approximate surface area is 99.0 Å². The van der Waals surface area contributed by atoms with E-state index in [-0.39, 0.29) is 4.90 Å². The van der Waals surface area contributed by atoms with E-state index >= 15 is 0 Å². The summed E-state index contributed by atoms with van der Waals surface area (Å²) in [6, 6.07) is 7.50. The van der Waals surface area contributed by atoms with Gasteiger partial charge in [-0.05, 0) is 23.8 Å². The summed E-state index contributed by atoms with van der Waals surface area (Å²) in [4.78, 5) is -0.255. The molecule has 0 N–H and O–H groups in total. The molecule has 1 aromatic heterocycles. The molecule has 0 bridgehead atoms. The lowest BCUT2D eigenvalue weighted by Gasteiger charge is -2.06. The van der Waals surface area contributed by atoms with Gasteiger partial charge in [-0.25, -0.2) is 12.9 Å². The minimum atomic E-state index is -4.43. The van der Waals surface area contributed by atoms with Crippen molar-refractivity contribution >= 4 is 10.1 Å². The molecule has 0 radical (unpaired) electrons. The molecule has 0 aliphatic carbocycles. The zero-order valence-electron chi connectivity index (χ0n) is 9.16. The van der Waals surface area contributed by atoms with Crippen molar-refractivity contribution in [1.29, 1.82) is 0 Å². The Morgan fingerprint density at radius 3 is 2.71 bits per heavy atom. The van der Waals surface area contributed by atoms with Gasteiger partial charge in [0.1, 0.15) is 10.1 Å². The van der Waals surface area contributed by atoms with Crippen molar-refractivity contribution < 1.29 is 22.2 Å². The molecule has 0 atom stereocenters. The second-order valence-electron chi connectivity index (χ2n) is 3.49. The average Bonchev–Trinajstić information content (AvgIpc) is 2.76. The van der Waals surface area contributed by atoms with Gasteiger partial charge in [-0.2, -0.15) is 0 Å². The molecular weight excluding hydrogens is 242 g/mol. The summed E-state index contributed by atoms with van der Waals surface area (Å²) in [6.07, 6.45) is 1.74. The second kappa shape index (κ2) is 4.31. The molecule has 1 heterocycles. The van der Waals surface area contributed by atoms with E-state index in [0.29, 0.717) is 17.9 Å². The van der Waals surface area contributed by atoms with Crippen LogP contribution in [0.25, 0.3) is 11.3 Å². The molecule has 0 saturated carbocycles. The third kappa shape index (κ3) is 2.54. The lowest BCUT2D eigenvalue weighted by molar-refractivity contribution is -0.860. The van der Waals surface area contributed by atoms with Crippen molar-refractivity contribution in [3.63, 3.8) is 0 Å². The number of hydrogen-bond acceptors (Lipinski definition) is 4. The van der Waals surface area contributed by atoms with Crippen LogP contribution in [0.3, 0.4) is 0 Å². The fourth-order valence-corrected chi connectivity index (χ4v) is 1.98. The Morgan fingerprint density at radius 2 is 2.12 bits per heavy atom. The van der Waals surface area contributed by atoms with Gasteiger partial charge in [0.2, 0.25) is 12.0 Å². The maximum absolute atomic E-state index is 10.9. The van der Waals surface area contributed by atoms with Gasteiger partial charge in [0, 0.05) is 5.56 Å². The topological polar surface area (TPSA) is 74.2 Å². The minimum absolute atomic E-state index is 0.255. The number of aryl methyl sites for hydroxylation is 1. The lowest BCUT2D eigenvalue weighted by atomic mass is 10.2. The van der Waals surface area contributed by atoms with Crippen LogP contribution in [-0.4, -0.2) is 13.0 Å². The smallest absolute Gasteiger partial charge is 0.220 e. The van der Waals surface area contributed by atoms with Crippen LogP contribution in [0, 0.1) is 0 Å².